The molecule has 0 heterocycles. The number of aliphatic hydroxyl groups is 1. The summed E-state index contributed by atoms with van der Waals surface area (Å²) in [6.45, 7) is 0. The third kappa shape index (κ3) is 8.99. The molecule has 0 saturated heterocycles. The largest absolute Gasteiger partial charge is 0.481 e. The second-order valence-corrected chi connectivity index (χ2v) is 6.07. The summed E-state index contributed by atoms with van der Waals surface area (Å²) in [7, 11) is 0. The van der Waals surface area contributed by atoms with Crippen molar-refractivity contribution < 1.29 is 78.5 Å². The van der Waals surface area contributed by atoms with Crippen LogP contribution in [0.25, 0.3) is 0 Å². The SMILES string of the molecule is O=C(O)/C=C/C(=O)OC(=O)CC(CC(=O)O)(OC(=O)CC(O)(CC(=O)O)C(=O)O)C(=O)O. The van der Waals surface area contributed by atoms with E-state index < -0.39 is 84.6 Å². The number of esters is 3. The Balaban J connectivity index is 5.79. The van der Waals surface area contributed by atoms with Gasteiger partial charge in [-0.05, 0) is 0 Å². The van der Waals surface area contributed by atoms with Crippen LogP contribution in [0.1, 0.15) is 25.7 Å². The Hall–Kier alpha value is -4.34. The van der Waals surface area contributed by atoms with Crippen LogP contribution in [-0.2, 0) is 47.8 Å². The van der Waals surface area contributed by atoms with Crippen molar-refractivity contribution in [2.24, 2.45) is 0 Å². The molecule has 16 nitrogen and oxygen atoms in total. The van der Waals surface area contributed by atoms with Crippen molar-refractivity contribution in [3.05, 3.63) is 12.2 Å². The standard InChI is InChI=1S/C16H16O16/c17-7(18)1-2-10(23)31-11(24)6-16(14(28)29,4-9(21)22)32-12(25)5-15(30,13(26)27)3-8(19)20/h1-2,30H,3-6H2,(H,17,18)(H,19,20)(H,21,22)(H,26,27)(H,28,29)/b2-1+. The normalized spacial score (nSPS) is 14.4. The first-order chi connectivity index (χ1) is 14.5. The average Bonchev–Trinajstić information content (AvgIpc) is 2.57. The first-order valence-corrected chi connectivity index (χ1v) is 8.03. The highest BCUT2D eigenvalue weighted by Gasteiger charge is 2.50. The molecule has 0 spiro atoms. The molecule has 2 unspecified atom stereocenters. The summed E-state index contributed by atoms with van der Waals surface area (Å²) in [5, 5.41) is 54.0. The summed E-state index contributed by atoms with van der Waals surface area (Å²) in [5.74, 6) is -15.2. The van der Waals surface area contributed by atoms with Crippen molar-refractivity contribution in [1.29, 1.82) is 0 Å². The molecule has 0 aromatic rings. The van der Waals surface area contributed by atoms with E-state index in [9.17, 15) is 48.6 Å². The number of aliphatic carboxylic acids is 5. The van der Waals surface area contributed by atoms with E-state index in [0.29, 0.717) is 0 Å². The molecule has 0 aromatic carbocycles. The van der Waals surface area contributed by atoms with Gasteiger partial charge in [0.05, 0.1) is 25.7 Å². The van der Waals surface area contributed by atoms with Gasteiger partial charge in [0.25, 0.3) is 0 Å². The molecule has 0 rings (SSSR count). The lowest BCUT2D eigenvalue weighted by Crippen LogP contribution is -2.50. The maximum absolute atomic E-state index is 12.0. The number of carbonyl (C=O) groups excluding carboxylic acids is 3. The Labute approximate surface area is 176 Å². The van der Waals surface area contributed by atoms with Crippen LogP contribution in [0.4, 0.5) is 0 Å². The molecule has 0 aromatic heterocycles. The molecular weight excluding hydrogens is 448 g/mol. The van der Waals surface area contributed by atoms with Crippen LogP contribution >= 0.6 is 0 Å². The minimum atomic E-state index is -3.27. The first kappa shape index (κ1) is 27.7. The quantitative estimate of drug-likeness (QED) is 0.0941. The second kappa shape index (κ2) is 11.2. The highest BCUT2D eigenvalue weighted by atomic mass is 16.6. The van der Waals surface area contributed by atoms with Crippen molar-refractivity contribution in [3.8, 4) is 0 Å². The van der Waals surface area contributed by atoms with Gasteiger partial charge in [0.1, 0.15) is 0 Å². The van der Waals surface area contributed by atoms with E-state index in [1.165, 1.54) is 0 Å². The van der Waals surface area contributed by atoms with Crippen molar-refractivity contribution in [2.75, 3.05) is 0 Å². The van der Waals surface area contributed by atoms with Gasteiger partial charge in [-0.25, -0.2) is 19.2 Å². The fourth-order valence-corrected chi connectivity index (χ4v) is 2.09. The van der Waals surface area contributed by atoms with E-state index in [1.807, 2.05) is 0 Å². The van der Waals surface area contributed by atoms with Crippen LogP contribution in [0.15, 0.2) is 12.2 Å². The maximum Gasteiger partial charge on any atom is 0.349 e. The molecular formula is C16H16O16. The summed E-state index contributed by atoms with van der Waals surface area (Å²) < 4.78 is 8.49. The molecule has 0 amide bonds. The molecule has 0 aliphatic heterocycles. The van der Waals surface area contributed by atoms with E-state index in [-0.39, 0.29) is 12.2 Å². The summed E-state index contributed by atoms with van der Waals surface area (Å²) in [5.41, 5.74) is -6.53. The molecule has 176 valence electrons. The zero-order valence-electron chi connectivity index (χ0n) is 15.7. The molecule has 0 fully saturated rings. The highest BCUT2D eigenvalue weighted by molar-refractivity contribution is 5.98. The molecule has 0 aliphatic rings. The van der Waals surface area contributed by atoms with Gasteiger partial charge in [-0.15, -0.1) is 0 Å². The fourth-order valence-electron chi connectivity index (χ4n) is 2.09. The zero-order chi connectivity index (χ0) is 25.3. The lowest BCUT2D eigenvalue weighted by Gasteiger charge is -2.28. The van der Waals surface area contributed by atoms with Gasteiger partial charge >= 0.3 is 47.8 Å². The van der Waals surface area contributed by atoms with Gasteiger partial charge in [0, 0.05) is 12.2 Å². The molecule has 16 heteroatoms. The van der Waals surface area contributed by atoms with Gasteiger partial charge in [0.15, 0.2) is 5.60 Å². The minimum Gasteiger partial charge on any atom is -0.481 e. The Morgan fingerprint density at radius 3 is 1.59 bits per heavy atom. The number of hydrogen-bond acceptors (Lipinski definition) is 11. The summed E-state index contributed by atoms with van der Waals surface area (Å²) in [4.78, 5) is 89.9. The van der Waals surface area contributed by atoms with Crippen LogP contribution in [0.3, 0.4) is 0 Å². The maximum atomic E-state index is 12.0. The van der Waals surface area contributed by atoms with Crippen LogP contribution in [0.5, 0.6) is 0 Å². The van der Waals surface area contributed by atoms with Crippen LogP contribution in [0, 0.1) is 0 Å². The van der Waals surface area contributed by atoms with Crippen molar-refractivity contribution >= 4 is 47.8 Å². The van der Waals surface area contributed by atoms with Crippen LogP contribution in [0.2, 0.25) is 0 Å². The number of rotatable bonds is 13. The van der Waals surface area contributed by atoms with Crippen LogP contribution < -0.4 is 0 Å². The predicted molar refractivity (Wildman–Crippen MR) is 90.7 cm³/mol. The average molecular weight is 464 g/mol. The van der Waals surface area contributed by atoms with Crippen molar-refractivity contribution in [2.45, 2.75) is 36.9 Å². The zero-order valence-corrected chi connectivity index (χ0v) is 15.7. The number of carboxylic acids is 5. The Morgan fingerprint density at radius 2 is 1.19 bits per heavy atom. The Morgan fingerprint density at radius 1 is 0.656 bits per heavy atom. The molecule has 0 saturated carbocycles. The lowest BCUT2D eigenvalue weighted by molar-refractivity contribution is -0.192. The van der Waals surface area contributed by atoms with E-state index in [4.69, 9.17) is 20.4 Å². The Kier molecular flexibility index (Phi) is 9.65. The molecule has 2 atom stereocenters. The second-order valence-electron chi connectivity index (χ2n) is 6.07. The predicted octanol–water partition coefficient (Wildman–Crippen LogP) is -2.39. The van der Waals surface area contributed by atoms with Crippen molar-refractivity contribution in [1.82, 2.24) is 0 Å². The summed E-state index contributed by atoms with van der Waals surface area (Å²) in [6, 6.07) is 0. The van der Waals surface area contributed by atoms with Gasteiger partial charge in [-0.3, -0.25) is 19.2 Å². The van der Waals surface area contributed by atoms with Gasteiger partial charge in [-0.1, -0.05) is 0 Å². The van der Waals surface area contributed by atoms with E-state index in [0.717, 1.165) is 0 Å². The fraction of sp³-hybridized carbons (Fsp3) is 0.375. The summed E-state index contributed by atoms with van der Waals surface area (Å²) >= 11 is 0. The number of ether oxygens (including phenoxy) is 2. The van der Waals surface area contributed by atoms with Gasteiger partial charge in [-0.2, -0.15) is 0 Å². The number of carbonyl (C=O) groups is 8. The third-order valence-electron chi connectivity index (χ3n) is 3.42. The monoisotopic (exact) mass is 464 g/mol. The van der Waals surface area contributed by atoms with Crippen molar-refractivity contribution in [3.63, 3.8) is 0 Å². The molecule has 6 N–H and O–H groups in total. The number of hydrogen-bond donors (Lipinski definition) is 6. The third-order valence-corrected chi connectivity index (χ3v) is 3.42. The molecule has 0 aliphatic carbocycles. The smallest absolute Gasteiger partial charge is 0.349 e. The van der Waals surface area contributed by atoms with Crippen LogP contribution in [-0.4, -0.2) is 89.6 Å². The van der Waals surface area contributed by atoms with Gasteiger partial charge in [0.2, 0.25) is 5.60 Å². The highest BCUT2D eigenvalue weighted by Crippen LogP contribution is 2.26. The lowest BCUT2D eigenvalue weighted by atomic mass is 9.93. The number of carboxylic acid groups (broad SMARTS) is 5. The van der Waals surface area contributed by atoms with E-state index >= 15 is 0 Å². The minimum absolute atomic E-state index is 0.255. The first-order valence-electron chi connectivity index (χ1n) is 8.03. The summed E-state index contributed by atoms with van der Waals surface area (Å²) in [6.07, 6.45) is -5.89. The molecule has 0 radical (unpaired) electrons. The van der Waals surface area contributed by atoms with E-state index in [1.54, 1.807) is 0 Å². The van der Waals surface area contributed by atoms with E-state index in [2.05, 4.69) is 9.47 Å². The topological polar surface area (TPSA) is 276 Å². The Bertz CT molecular complexity index is 869. The molecule has 0 bridgehead atoms. The molecule has 32 heavy (non-hydrogen) atoms. The van der Waals surface area contributed by atoms with Gasteiger partial charge < -0.3 is 40.1 Å².